The van der Waals surface area contributed by atoms with Gasteiger partial charge < -0.3 is 10.4 Å². The number of carboxylic acids is 1. The van der Waals surface area contributed by atoms with Crippen molar-refractivity contribution < 1.29 is 9.90 Å². The molecule has 0 radical (unpaired) electrons. The monoisotopic (exact) mass is 255 g/mol. The minimum absolute atomic E-state index is 0.167. The number of carbonyl (C=O) groups is 1. The Bertz CT molecular complexity index is 624. The number of nitrogens with one attached hydrogen (secondary N) is 1. The number of nitriles is 1. The van der Waals surface area contributed by atoms with E-state index in [1.807, 2.05) is 0 Å². The molecule has 1 aromatic heterocycles. The zero-order valence-corrected chi connectivity index (χ0v) is 10.6. The first-order valence-electron chi connectivity index (χ1n) is 5.79. The minimum Gasteiger partial charge on any atom is -0.478 e. The summed E-state index contributed by atoms with van der Waals surface area (Å²) in [7, 11) is 0. The molecule has 19 heavy (non-hydrogen) atoms. The highest BCUT2D eigenvalue weighted by molar-refractivity contribution is 5.91. The first-order valence-corrected chi connectivity index (χ1v) is 5.79. The highest BCUT2D eigenvalue weighted by Crippen LogP contribution is 2.36. The standard InChI is InChI=1S/C14H13N3O2/c1-8-10(7-15)13(11-5-3-4-6-16-11)12(14(18)19)9(2)17-8/h3-6,13,17H,1-2H3,(H,18,19). The van der Waals surface area contributed by atoms with Crippen molar-refractivity contribution in [3.8, 4) is 6.07 Å². The number of rotatable bonds is 2. The van der Waals surface area contributed by atoms with Crippen LogP contribution in [0.15, 0.2) is 46.9 Å². The Morgan fingerprint density at radius 3 is 2.68 bits per heavy atom. The fourth-order valence-corrected chi connectivity index (χ4v) is 2.27. The summed E-state index contributed by atoms with van der Waals surface area (Å²) in [5, 5.41) is 21.6. The molecule has 1 atom stereocenters. The molecule has 2 N–H and O–H groups in total. The SMILES string of the molecule is CC1=C(C#N)C(c2ccccn2)C(C(=O)O)=C(C)N1. The Labute approximate surface area is 110 Å². The molecule has 1 aromatic rings. The van der Waals surface area contributed by atoms with E-state index in [1.54, 1.807) is 38.2 Å². The van der Waals surface area contributed by atoms with E-state index in [-0.39, 0.29) is 5.57 Å². The van der Waals surface area contributed by atoms with Crippen LogP contribution in [0, 0.1) is 11.3 Å². The topological polar surface area (TPSA) is 86.0 Å². The van der Waals surface area contributed by atoms with E-state index in [9.17, 15) is 15.2 Å². The van der Waals surface area contributed by atoms with Gasteiger partial charge in [-0.15, -0.1) is 0 Å². The van der Waals surface area contributed by atoms with Crippen LogP contribution in [0.1, 0.15) is 25.5 Å². The Morgan fingerprint density at radius 1 is 1.42 bits per heavy atom. The second-order valence-corrected chi connectivity index (χ2v) is 4.31. The summed E-state index contributed by atoms with van der Waals surface area (Å²) < 4.78 is 0. The second-order valence-electron chi connectivity index (χ2n) is 4.31. The van der Waals surface area contributed by atoms with Gasteiger partial charge >= 0.3 is 5.97 Å². The molecule has 1 unspecified atom stereocenters. The highest BCUT2D eigenvalue weighted by atomic mass is 16.4. The number of nitrogens with zero attached hydrogens (tertiary/aromatic N) is 2. The number of hydrogen-bond acceptors (Lipinski definition) is 4. The van der Waals surface area contributed by atoms with Gasteiger partial charge in [-0.2, -0.15) is 5.26 Å². The van der Waals surface area contributed by atoms with E-state index < -0.39 is 11.9 Å². The van der Waals surface area contributed by atoms with Gasteiger partial charge in [-0.25, -0.2) is 4.79 Å². The molecule has 2 heterocycles. The van der Waals surface area contributed by atoms with Crippen molar-refractivity contribution in [3.63, 3.8) is 0 Å². The summed E-state index contributed by atoms with van der Waals surface area (Å²) in [4.78, 5) is 15.7. The quantitative estimate of drug-likeness (QED) is 0.843. The van der Waals surface area contributed by atoms with Crippen molar-refractivity contribution in [1.29, 1.82) is 5.26 Å². The number of carboxylic acid groups (broad SMARTS) is 1. The van der Waals surface area contributed by atoms with Gasteiger partial charge in [0, 0.05) is 17.6 Å². The number of hydrogen-bond donors (Lipinski definition) is 2. The van der Waals surface area contributed by atoms with Crippen molar-refractivity contribution >= 4 is 5.97 Å². The van der Waals surface area contributed by atoms with E-state index in [0.29, 0.717) is 22.7 Å². The van der Waals surface area contributed by atoms with E-state index >= 15 is 0 Å². The molecule has 0 amide bonds. The zero-order chi connectivity index (χ0) is 14.0. The maximum absolute atomic E-state index is 11.5. The number of aliphatic carboxylic acids is 1. The van der Waals surface area contributed by atoms with Crippen LogP contribution in [-0.4, -0.2) is 16.1 Å². The number of allylic oxidation sites excluding steroid dienone is 3. The van der Waals surface area contributed by atoms with Crippen LogP contribution in [0.2, 0.25) is 0 Å². The molecular formula is C14H13N3O2. The van der Waals surface area contributed by atoms with Gasteiger partial charge in [-0.1, -0.05) is 6.07 Å². The van der Waals surface area contributed by atoms with Gasteiger partial charge in [0.15, 0.2) is 0 Å². The number of aromatic nitrogens is 1. The summed E-state index contributed by atoms with van der Waals surface area (Å²) in [5.74, 6) is -1.66. The third kappa shape index (κ3) is 2.20. The average Bonchev–Trinajstić information content (AvgIpc) is 2.38. The first kappa shape index (κ1) is 12.8. The van der Waals surface area contributed by atoms with Crippen LogP contribution in [0.3, 0.4) is 0 Å². The van der Waals surface area contributed by atoms with Crippen molar-refractivity contribution in [1.82, 2.24) is 10.3 Å². The average molecular weight is 255 g/mol. The summed E-state index contributed by atoms with van der Waals surface area (Å²) in [5.41, 5.74) is 2.33. The Balaban J connectivity index is 2.65. The summed E-state index contributed by atoms with van der Waals surface area (Å²) in [6.45, 7) is 3.45. The molecule has 0 aliphatic carbocycles. The smallest absolute Gasteiger partial charge is 0.334 e. The Morgan fingerprint density at radius 2 is 2.16 bits per heavy atom. The molecular weight excluding hydrogens is 242 g/mol. The molecule has 0 fully saturated rings. The molecule has 0 saturated heterocycles. The predicted octanol–water partition coefficient (Wildman–Crippen LogP) is 1.92. The van der Waals surface area contributed by atoms with Gasteiger partial charge in [0.25, 0.3) is 0 Å². The third-order valence-corrected chi connectivity index (χ3v) is 3.09. The largest absolute Gasteiger partial charge is 0.478 e. The number of pyridine rings is 1. The predicted molar refractivity (Wildman–Crippen MR) is 68.8 cm³/mol. The maximum Gasteiger partial charge on any atom is 0.334 e. The third-order valence-electron chi connectivity index (χ3n) is 3.09. The Kier molecular flexibility index (Phi) is 3.34. The van der Waals surface area contributed by atoms with E-state index in [0.717, 1.165) is 0 Å². The van der Waals surface area contributed by atoms with Gasteiger partial charge in [0.05, 0.1) is 28.8 Å². The first-order chi connectivity index (χ1) is 9.06. The van der Waals surface area contributed by atoms with Gasteiger partial charge in [-0.3, -0.25) is 4.98 Å². The molecule has 0 spiro atoms. The molecule has 0 aromatic carbocycles. The fourth-order valence-electron chi connectivity index (χ4n) is 2.27. The fraction of sp³-hybridized carbons (Fsp3) is 0.214. The van der Waals surface area contributed by atoms with Crippen molar-refractivity contribution in [2.24, 2.45) is 0 Å². The highest BCUT2D eigenvalue weighted by Gasteiger charge is 2.33. The van der Waals surface area contributed by atoms with E-state index in [1.165, 1.54) is 0 Å². The Hall–Kier alpha value is -2.61. The molecule has 0 saturated carbocycles. The van der Waals surface area contributed by atoms with E-state index in [4.69, 9.17) is 0 Å². The van der Waals surface area contributed by atoms with Crippen LogP contribution >= 0.6 is 0 Å². The van der Waals surface area contributed by atoms with Gasteiger partial charge in [-0.05, 0) is 26.0 Å². The van der Waals surface area contributed by atoms with Crippen molar-refractivity contribution in [2.45, 2.75) is 19.8 Å². The molecule has 96 valence electrons. The lowest BCUT2D eigenvalue weighted by Gasteiger charge is -2.26. The molecule has 1 aliphatic rings. The lowest BCUT2D eigenvalue weighted by molar-refractivity contribution is -0.133. The van der Waals surface area contributed by atoms with Crippen LogP contribution in [-0.2, 0) is 4.79 Å². The molecule has 0 bridgehead atoms. The van der Waals surface area contributed by atoms with E-state index in [2.05, 4.69) is 16.4 Å². The van der Waals surface area contributed by atoms with Crippen LogP contribution in [0.5, 0.6) is 0 Å². The molecule has 5 nitrogen and oxygen atoms in total. The van der Waals surface area contributed by atoms with Crippen molar-refractivity contribution in [3.05, 3.63) is 52.6 Å². The normalized spacial score (nSPS) is 18.9. The molecule has 5 heteroatoms. The zero-order valence-electron chi connectivity index (χ0n) is 10.6. The maximum atomic E-state index is 11.5. The van der Waals surface area contributed by atoms with Crippen molar-refractivity contribution in [2.75, 3.05) is 0 Å². The minimum atomic E-state index is -1.04. The molecule has 2 rings (SSSR count). The van der Waals surface area contributed by atoms with Crippen LogP contribution in [0.4, 0.5) is 0 Å². The van der Waals surface area contributed by atoms with Crippen LogP contribution in [0.25, 0.3) is 0 Å². The lowest BCUT2D eigenvalue weighted by atomic mass is 9.83. The van der Waals surface area contributed by atoms with Crippen LogP contribution < -0.4 is 5.32 Å². The summed E-state index contributed by atoms with van der Waals surface area (Å²) in [6, 6.07) is 7.36. The van der Waals surface area contributed by atoms with Gasteiger partial charge in [0.2, 0.25) is 0 Å². The van der Waals surface area contributed by atoms with Gasteiger partial charge in [0.1, 0.15) is 0 Å². The molecule has 1 aliphatic heterocycles. The second kappa shape index (κ2) is 4.94. The summed E-state index contributed by atoms with van der Waals surface area (Å²) in [6.07, 6.45) is 1.59. The summed E-state index contributed by atoms with van der Waals surface area (Å²) >= 11 is 0. The lowest BCUT2D eigenvalue weighted by Crippen LogP contribution is -2.28. The number of dihydropyridines is 1.